The number of carbonyl (C=O) groups excluding carboxylic acids is 1. The minimum absolute atomic E-state index is 0.00463. The second-order valence-electron chi connectivity index (χ2n) is 3.22. The molecule has 0 unspecified atom stereocenters. The van der Waals surface area contributed by atoms with Gasteiger partial charge < -0.3 is 16.7 Å². The summed E-state index contributed by atoms with van der Waals surface area (Å²) in [4.78, 5) is 20.5. The molecule has 1 rings (SSSR count). The van der Waals surface area contributed by atoms with Crippen LogP contribution in [-0.4, -0.2) is 57.0 Å². The number of hydrazone groups is 1. The van der Waals surface area contributed by atoms with Crippen LogP contribution in [0.3, 0.4) is 0 Å². The number of nitrogens with two attached hydrogens (primary N) is 5. The van der Waals surface area contributed by atoms with Gasteiger partial charge in [-0.1, -0.05) is 0 Å². The number of guanidine groups is 2. The first-order chi connectivity index (χ1) is 8.70. The van der Waals surface area contributed by atoms with Crippen molar-refractivity contribution in [3.05, 3.63) is 0 Å². The zero-order valence-corrected chi connectivity index (χ0v) is 9.85. The molecular formula is C6H16N10O3. The molecule has 0 aliphatic carbocycles. The van der Waals surface area contributed by atoms with E-state index in [4.69, 9.17) is 39.6 Å². The van der Waals surface area contributed by atoms with Gasteiger partial charge in [0, 0.05) is 0 Å². The van der Waals surface area contributed by atoms with Crippen LogP contribution in [0.15, 0.2) is 5.10 Å². The average molecular weight is 276 g/mol. The smallest absolute Gasteiger partial charge is 0.324 e. The largest absolute Gasteiger partial charge is 0.480 e. The van der Waals surface area contributed by atoms with E-state index in [1.807, 2.05) is 0 Å². The number of hydrogen-bond acceptors (Lipinski definition) is 8. The van der Waals surface area contributed by atoms with Gasteiger partial charge in [-0.2, -0.15) is 0 Å². The highest BCUT2D eigenvalue weighted by molar-refractivity contribution is 6.01. The van der Waals surface area contributed by atoms with E-state index in [1.54, 1.807) is 0 Å². The molecule has 1 saturated heterocycles. The van der Waals surface area contributed by atoms with Crippen molar-refractivity contribution in [2.24, 2.45) is 34.2 Å². The van der Waals surface area contributed by atoms with E-state index < -0.39 is 12.5 Å². The molecule has 108 valence electrons. The van der Waals surface area contributed by atoms with E-state index in [-0.39, 0.29) is 24.4 Å². The summed E-state index contributed by atoms with van der Waals surface area (Å²) in [5, 5.41) is 20.5. The predicted octanol–water partition coefficient (Wildman–Crippen LogP) is -4.75. The summed E-state index contributed by atoms with van der Waals surface area (Å²) < 4.78 is 0. The van der Waals surface area contributed by atoms with Gasteiger partial charge in [0.05, 0.1) is 0 Å². The Bertz CT molecular complexity index is 395. The fourth-order valence-electron chi connectivity index (χ4n) is 0.854. The Kier molecular flexibility index (Phi) is 5.98. The molecule has 0 aromatic carbocycles. The summed E-state index contributed by atoms with van der Waals surface area (Å²) in [5.41, 5.74) is 5.03. The van der Waals surface area contributed by atoms with E-state index in [2.05, 4.69) is 5.10 Å². The van der Waals surface area contributed by atoms with Crippen LogP contribution in [-0.2, 0) is 9.59 Å². The van der Waals surface area contributed by atoms with Crippen molar-refractivity contribution in [1.29, 1.82) is 5.41 Å². The van der Waals surface area contributed by atoms with Gasteiger partial charge in [0.25, 0.3) is 5.91 Å². The third kappa shape index (κ3) is 5.02. The Balaban J connectivity index is 0.000000342. The molecule has 1 fully saturated rings. The summed E-state index contributed by atoms with van der Waals surface area (Å²) >= 11 is 0. The molecule has 0 aromatic heterocycles. The van der Waals surface area contributed by atoms with Crippen LogP contribution in [0, 0.1) is 5.41 Å². The second kappa shape index (κ2) is 6.94. The summed E-state index contributed by atoms with van der Waals surface area (Å²) in [6.07, 6.45) is 0. The van der Waals surface area contributed by atoms with Gasteiger partial charge in [0.2, 0.25) is 11.9 Å². The number of nitrogens with zero attached hydrogens (tertiary/aromatic N) is 4. The number of hydrazine groups is 3. The van der Waals surface area contributed by atoms with Crippen LogP contribution >= 0.6 is 0 Å². The summed E-state index contributed by atoms with van der Waals surface area (Å²) in [7, 11) is 0. The van der Waals surface area contributed by atoms with Gasteiger partial charge >= 0.3 is 5.97 Å². The quantitative estimate of drug-likeness (QED) is 0.0835. The summed E-state index contributed by atoms with van der Waals surface area (Å²) in [6, 6.07) is 0. The number of rotatable bonds is 2. The minimum atomic E-state index is -1.10. The maximum atomic E-state index is 10.5. The summed E-state index contributed by atoms with van der Waals surface area (Å²) in [6.45, 7) is -0.429. The zero-order valence-electron chi connectivity index (χ0n) is 9.85. The molecule has 1 heterocycles. The van der Waals surface area contributed by atoms with Gasteiger partial charge in [0.15, 0.2) is 0 Å². The Morgan fingerprint density at radius 3 is 2.26 bits per heavy atom. The Morgan fingerprint density at radius 1 is 1.53 bits per heavy atom. The van der Waals surface area contributed by atoms with Crippen molar-refractivity contribution < 1.29 is 14.7 Å². The molecule has 19 heavy (non-hydrogen) atoms. The lowest BCUT2D eigenvalue weighted by atomic mass is 10.6. The first-order valence-corrected chi connectivity index (χ1v) is 4.66. The van der Waals surface area contributed by atoms with Gasteiger partial charge in [-0.3, -0.25) is 25.0 Å². The summed E-state index contributed by atoms with van der Waals surface area (Å²) in [5.74, 6) is 18.1. The van der Waals surface area contributed by atoms with E-state index >= 15 is 0 Å². The SMILES string of the molecule is N=C1N(N)CC(=O)N1N.NN=C(N)N(N)CC(=O)O. The van der Waals surface area contributed by atoms with Crippen LogP contribution < -0.4 is 29.1 Å². The Hall–Kier alpha value is -2.64. The number of amides is 1. The van der Waals surface area contributed by atoms with Crippen molar-refractivity contribution in [3.8, 4) is 0 Å². The maximum absolute atomic E-state index is 10.5. The monoisotopic (exact) mass is 276 g/mol. The van der Waals surface area contributed by atoms with Gasteiger partial charge in [-0.25, -0.2) is 22.5 Å². The molecule has 0 spiro atoms. The van der Waals surface area contributed by atoms with Crippen LogP contribution in [0.1, 0.15) is 0 Å². The molecule has 12 N–H and O–H groups in total. The average Bonchev–Trinajstić information content (AvgIpc) is 2.55. The van der Waals surface area contributed by atoms with Crippen molar-refractivity contribution >= 4 is 23.8 Å². The van der Waals surface area contributed by atoms with E-state index in [0.29, 0.717) is 5.01 Å². The molecule has 0 saturated carbocycles. The van der Waals surface area contributed by atoms with Crippen LogP contribution in [0.25, 0.3) is 0 Å². The first kappa shape index (κ1) is 16.4. The third-order valence-electron chi connectivity index (χ3n) is 1.81. The molecule has 1 amide bonds. The highest BCUT2D eigenvalue weighted by atomic mass is 16.4. The molecule has 0 bridgehead atoms. The third-order valence-corrected chi connectivity index (χ3v) is 1.81. The van der Waals surface area contributed by atoms with Gasteiger partial charge in [-0.05, 0) is 0 Å². The number of carboxylic acid groups (broad SMARTS) is 1. The molecule has 1 aliphatic heterocycles. The number of aliphatic carboxylic acids is 1. The molecule has 0 radical (unpaired) electrons. The Morgan fingerprint density at radius 2 is 2.05 bits per heavy atom. The first-order valence-electron chi connectivity index (χ1n) is 4.66. The van der Waals surface area contributed by atoms with Crippen LogP contribution in [0.4, 0.5) is 0 Å². The topological polar surface area (TPSA) is 230 Å². The maximum Gasteiger partial charge on any atom is 0.324 e. The predicted molar refractivity (Wildman–Crippen MR) is 64.0 cm³/mol. The highest BCUT2D eigenvalue weighted by Crippen LogP contribution is 1.96. The molecule has 13 nitrogen and oxygen atoms in total. The molecule has 0 aromatic rings. The molecule has 13 heteroatoms. The van der Waals surface area contributed by atoms with Gasteiger partial charge in [0.1, 0.15) is 13.1 Å². The molecule has 0 atom stereocenters. The lowest BCUT2D eigenvalue weighted by Gasteiger charge is -2.12. The van der Waals surface area contributed by atoms with E-state index in [9.17, 15) is 9.59 Å². The minimum Gasteiger partial charge on any atom is -0.480 e. The van der Waals surface area contributed by atoms with Crippen molar-refractivity contribution in [1.82, 2.24) is 15.0 Å². The lowest BCUT2D eigenvalue weighted by molar-refractivity contribution is -0.137. The van der Waals surface area contributed by atoms with Crippen molar-refractivity contribution in [3.63, 3.8) is 0 Å². The fraction of sp³-hybridized carbons (Fsp3) is 0.333. The molecule has 1 aliphatic rings. The lowest BCUT2D eigenvalue weighted by Crippen LogP contribution is -2.46. The number of carbonyl (C=O) groups is 2. The number of nitrogens with one attached hydrogen (secondary N) is 1. The van der Waals surface area contributed by atoms with Crippen LogP contribution in [0.5, 0.6) is 0 Å². The van der Waals surface area contributed by atoms with Crippen LogP contribution in [0.2, 0.25) is 0 Å². The number of carboxylic acids is 1. The highest BCUT2D eigenvalue weighted by Gasteiger charge is 2.28. The second-order valence-corrected chi connectivity index (χ2v) is 3.22. The molecular weight excluding hydrogens is 260 g/mol. The normalized spacial score (nSPS) is 15.2. The fourth-order valence-corrected chi connectivity index (χ4v) is 0.854. The Labute approximate surface area is 107 Å². The number of hydrogen-bond donors (Lipinski definition) is 7. The van der Waals surface area contributed by atoms with Crippen molar-refractivity contribution in [2.45, 2.75) is 0 Å². The standard InChI is InChI=1S/C3H9N5O2.C3H7N5O/c4-3(7-5)8(6)1-2(9)10;4-3-7(5)1-2(9)8(3)6/h1,5-6H2,(H2,4,7)(H,9,10);4H,1,5-6H2. The zero-order chi connectivity index (χ0) is 15.2. The van der Waals surface area contributed by atoms with Crippen molar-refractivity contribution in [2.75, 3.05) is 13.1 Å². The van der Waals surface area contributed by atoms with E-state index in [1.165, 1.54) is 0 Å². The van der Waals surface area contributed by atoms with Gasteiger partial charge in [-0.15, -0.1) is 5.10 Å². The van der Waals surface area contributed by atoms with E-state index in [0.717, 1.165) is 10.0 Å².